The number of carbonyl (C=O) groups is 4. The molecule has 2 rings (SSSR count). The highest BCUT2D eigenvalue weighted by Crippen LogP contribution is 2.30. The summed E-state index contributed by atoms with van der Waals surface area (Å²) in [5.41, 5.74) is 0.711. The second-order valence-corrected chi connectivity index (χ2v) is 15.7. The maximum Gasteiger partial charge on any atom is 0.245 e. The number of methoxy groups -OCH3 is 2. The largest absolute Gasteiger partial charge is 0.386 e. The van der Waals surface area contributed by atoms with Crippen molar-refractivity contribution in [2.24, 2.45) is 23.7 Å². The lowest BCUT2D eigenvalue weighted by molar-refractivity contribution is -0.148. The Morgan fingerprint density at radius 3 is 1.96 bits per heavy atom. The molecule has 0 saturated carbocycles. The zero-order valence-corrected chi connectivity index (χ0v) is 35.8. The van der Waals surface area contributed by atoms with Crippen LogP contribution >= 0.6 is 0 Å². The fourth-order valence-electron chi connectivity index (χ4n) is 7.42. The number of benzene rings is 1. The number of carbonyl (C=O) groups excluding carboxylic acids is 4. The molecule has 10 atom stereocenters. The van der Waals surface area contributed by atoms with E-state index in [1.807, 2.05) is 71.9 Å². The van der Waals surface area contributed by atoms with Gasteiger partial charge in [0, 0.05) is 30.7 Å². The number of likely N-dealkylation sites (tertiary alicyclic amines) is 1. The van der Waals surface area contributed by atoms with Gasteiger partial charge in [-0.3, -0.25) is 19.2 Å². The van der Waals surface area contributed by atoms with Crippen molar-refractivity contribution in [1.82, 2.24) is 25.8 Å². The van der Waals surface area contributed by atoms with Crippen molar-refractivity contribution in [3.63, 3.8) is 0 Å². The SMILES string of the molecule is CCC.CC[C@H](C)C([C@@H](CC(=O)N1CCC[C@H]1[C@H](OC)[C@@H](C)C(=O)N[C@H](C)[C@@H](O)c1ccccc1)OC)N(C)C(=O)[C@@H](NC(=O)[C@@H](NC)C(C)C)C(C)C.[HH].[HH]. The van der Waals surface area contributed by atoms with Gasteiger partial charge < -0.3 is 40.3 Å². The minimum Gasteiger partial charge on any atom is -0.386 e. The van der Waals surface area contributed by atoms with E-state index in [9.17, 15) is 24.3 Å². The molecule has 0 spiro atoms. The number of amides is 4. The highest BCUT2D eigenvalue weighted by Gasteiger charge is 2.43. The average molecular weight is 766 g/mol. The van der Waals surface area contributed by atoms with Crippen molar-refractivity contribution >= 4 is 23.6 Å². The zero-order valence-electron chi connectivity index (χ0n) is 35.8. The van der Waals surface area contributed by atoms with Crippen LogP contribution in [0.2, 0.25) is 0 Å². The molecule has 1 unspecified atom stereocenters. The highest BCUT2D eigenvalue weighted by molar-refractivity contribution is 5.90. The predicted octanol–water partition coefficient (Wildman–Crippen LogP) is 5.44. The zero-order chi connectivity index (χ0) is 41.3. The van der Waals surface area contributed by atoms with Gasteiger partial charge in [-0.05, 0) is 50.1 Å². The lowest BCUT2D eigenvalue weighted by Gasteiger charge is -2.41. The van der Waals surface area contributed by atoms with E-state index < -0.39 is 48.4 Å². The Kier molecular flexibility index (Phi) is 22.2. The van der Waals surface area contributed by atoms with Gasteiger partial charge in [-0.2, -0.15) is 0 Å². The molecular formula is C42H79N5O7. The van der Waals surface area contributed by atoms with Crippen LogP contribution in [-0.4, -0.2) is 116 Å². The summed E-state index contributed by atoms with van der Waals surface area (Å²) in [4.78, 5) is 58.3. The number of aliphatic hydroxyl groups is 1. The van der Waals surface area contributed by atoms with Gasteiger partial charge in [-0.15, -0.1) is 0 Å². The molecule has 0 radical (unpaired) electrons. The fourth-order valence-corrected chi connectivity index (χ4v) is 7.42. The van der Waals surface area contributed by atoms with E-state index in [0.29, 0.717) is 18.5 Å². The van der Waals surface area contributed by atoms with Crippen LogP contribution in [0.5, 0.6) is 0 Å². The van der Waals surface area contributed by atoms with Crippen LogP contribution in [0.4, 0.5) is 0 Å². The normalized spacial score (nSPS) is 19.4. The van der Waals surface area contributed by atoms with E-state index in [2.05, 4.69) is 29.8 Å². The first-order valence-corrected chi connectivity index (χ1v) is 20.1. The molecule has 1 aromatic carbocycles. The molecule has 314 valence electrons. The van der Waals surface area contributed by atoms with Crippen molar-refractivity contribution in [3.05, 3.63) is 35.9 Å². The van der Waals surface area contributed by atoms with E-state index in [0.717, 1.165) is 12.8 Å². The summed E-state index contributed by atoms with van der Waals surface area (Å²) in [6.45, 7) is 20.1. The minimum atomic E-state index is -0.875. The Labute approximate surface area is 329 Å². The number of nitrogens with zero attached hydrogens (tertiary/aromatic N) is 2. The molecule has 1 heterocycles. The second-order valence-electron chi connectivity index (χ2n) is 15.7. The smallest absolute Gasteiger partial charge is 0.245 e. The Balaban J connectivity index is 0. The topological polar surface area (TPSA) is 150 Å². The first-order valence-electron chi connectivity index (χ1n) is 20.1. The molecule has 1 aliphatic heterocycles. The van der Waals surface area contributed by atoms with Crippen LogP contribution < -0.4 is 16.0 Å². The van der Waals surface area contributed by atoms with Gasteiger partial charge >= 0.3 is 0 Å². The number of ether oxygens (including phenoxy) is 2. The van der Waals surface area contributed by atoms with Gasteiger partial charge in [-0.1, -0.05) is 105 Å². The third-order valence-electron chi connectivity index (χ3n) is 10.7. The van der Waals surface area contributed by atoms with Gasteiger partial charge in [0.25, 0.3) is 0 Å². The fraction of sp³-hybridized carbons (Fsp3) is 0.762. The van der Waals surface area contributed by atoms with Gasteiger partial charge in [-0.25, -0.2) is 0 Å². The van der Waals surface area contributed by atoms with E-state index in [4.69, 9.17) is 9.47 Å². The number of aliphatic hydroxyl groups excluding tert-OH is 1. The van der Waals surface area contributed by atoms with Crippen molar-refractivity contribution in [2.75, 3.05) is 34.9 Å². The molecule has 0 aromatic heterocycles. The minimum absolute atomic E-state index is 0. The van der Waals surface area contributed by atoms with E-state index in [1.54, 1.807) is 52.0 Å². The molecule has 54 heavy (non-hydrogen) atoms. The summed E-state index contributed by atoms with van der Waals surface area (Å²) in [6.07, 6.45) is 1.40. The molecule has 1 aromatic rings. The Morgan fingerprint density at radius 1 is 0.907 bits per heavy atom. The summed E-state index contributed by atoms with van der Waals surface area (Å²) in [7, 11) is 6.57. The van der Waals surface area contributed by atoms with Gasteiger partial charge in [0.1, 0.15) is 6.04 Å². The standard InChI is InChI=1S/C39H67N5O7.C3H8.2H2/c1-13-25(6)34(43(10)39(49)33(24(4)5)42-38(48)32(40-9)23(2)3)30(50-11)22-31(45)44-21-17-20-29(44)36(51-12)26(7)37(47)41-27(8)35(46)28-18-15-14-16-19-28;1-3-2;;/h14-16,18-19,23-27,29-30,32-36,40,46H,13,17,20-22H2,1-12H3,(H,41,47)(H,42,48);3H2,1-2H3;2*1H/t25-,26+,27+,29-,30+,32-,33-,34?,35+,36+;;;/m0.../s1. The van der Waals surface area contributed by atoms with Crippen LogP contribution in [-0.2, 0) is 28.7 Å². The molecule has 4 amide bonds. The van der Waals surface area contributed by atoms with Crippen LogP contribution in [0.25, 0.3) is 0 Å². The van der Waals surface area contributed by atoms with Crippen molar-refractivity contribution in [1.29, 1.82) is 0 Å². The summed E-state index contributed by atoms with van der Waals surface area (Å²) < 4.78 is 11.9. The molecular weight excluding hydrogens is 686 g/mol. The van der Waals surface area contributed by atoms with Crippen molar-refractivity contribution in [2.45, 2.75) is 150 Å². The maximum absolute atomic E-state index is 14.1. The molecule has 0 bridgehead atoms. The quantitative estimate of drug-likeness (QED) is 0.137. The van der Waals surface area contributed by atoms with Gasteiger partial charge in [0.15, 0.2) is 0 Å². The lowest BCUT2D eigenvalue weighted by atomic mass is 9.89. The Hall–Kier alpha value is -3.06. The highest BCUT2D eigenvalue weighted by atomic mass is 16.5. The lowest BCUT2D eigenvalue weighted by Crippen LogP contribution is -2.59. The number of hydrogen-bond donors (Lipinski definition) is 4. The predicted molar refractivity (Wildman–Crippen MR) is 220 cm³/mol. The van der Waals surface area contributed by atoms with E-state index in [1.165, 1.54) is 6.42 Å². The molecule has 4 N–H and O–H groups in total. The molecule has 12 heteroatoms. The van der Waals surface area contributed by atoms with Crippen LogP contribution in [0.1, 0.15) is 116 Å². The molecule has 1 aliphatic rings. The monoisotopic (exact) mass is 766 g/mol. The molecule has 1 saturated heterocycles. The average Bonchev–Trinajstić information content (AvgIpc) is 3.63. The number of nitrogens with one attached hydrogen (secondary N) is 3. The molecule has 12 nitrogen and oxygen atoms in total. The molecule has 1 fully saturated rings. The summed E-state index contributed by atoms with van der Waals surface area (Å²) in [6, 6.07) is 6.67. The first kappa shape index (κ1) is 49.0. The first-order chi connectivity index (χ1) is 25.5. The van der Waals surface area contributed by atoms with E-state index >= 15 is 0 Å². The van der Waals surface area contributed by atoms with Gasteiger partial charge in [0.05, 0.1) is 54.8 Å². The number of hydrogen-bond acceptors (Lipinski definition) is 8. The van der Waals surface area contributed by atoms with Crippen LogP contribution in [0.15, 0.2) is 30.3 Å². The van der Waals surface area contributed by atoms with Crippen LogP contribution in [0.3, 0.4) is 0 Å². The maximum atomic E-state index is 14.1. The number of likely N-dealkylation sites (N-methyl/N-ethyl adjacent to an activating group) is 2. The summed E-state index contributed by atoms with van der Waals surface area (Å²) in [5.74, 6) is -1.62. The third kappa shape index (κ3) is 13.6. The van der Waals surface area contributed by atoms with E-state index in [-0.39, 0.29) is 56.7 Å². The van der Waals surface area contributed by atoms with Gasteiger partial charge in [0.2, 0.25) is 23.6 Å². The third-order valence-corrected chi connectivity index (χ3v) is 10.7. The van der Waals surface area contributed by atoms with Crippen molar-refractivity contribution < 1.29 is 36.6 Å². The van der Waals surface area contributed by atoms with Crippen molar-refractivity contribution in [3.8, 4) is 0 Å². The summed E-state index contributed by atoms with van der Waals surface area (Å²) >= 11 is 0. The Bertz CT molecular complexity index is 1280. The second kappa shape index (κ2) is 24.5. The molecule has 0 aliphatic carbocycles. The summed E-state index contributed by atoms with van der Waals surface area (Å²) in [5, 5.41) is 19.8. The van der Waals surface area contributed by atoms with Crippen LogP contribution in [0, 0.1) is 23.7 Å². The number of rotatable bonds is 20. The Morgan fingerprint density at radius 2 is 1.48 bits per heavy atom.